The second-order valence-corrected chi connectivity index (χ2v) is 6.72. The molecule has 2 heterocycles. The summed E-state index contributed by atoms with van der Waals surface area (Å²) in [5.41, 5.74) is 7.15. The summed E-state index contributed by atoms with van der Waals surface area (Å²) >= 11 is 0. The maximum Gasteiger partial charge on any atom is 0.248 e. The van der Waals surface area contributed by atoms with Gasteiger partial charge in [-0.05, 0) is 29.8 Å². The van der Waals surface area contributed by atoms with Crippen LogP contribution in [0.2, 0.25) is 0 Å². The highest BCUT2D eigenvalue weighted by Crippen LogP contribution is 2.37. The molecule has 0 aliphatic carbocycles. The summed E-state index contributed by atoms with van der Waals surface area (Å²) in [6.45, 7) is 0.787. The minimum Gasteiger partial charge on any atom is -0.454 e. The minimum atomic E-state index is -0.497. The Morgan fingerprint density at radius 3 is 2.61 bits per heavy atom. The van der Waals surface area contributed by atoms with E-state index in [-0.39, 0.29) is 25.0 Å². The van der Waals surface area contributed by atoms with Gasteiger partial charge < -0.3 is 25.4 Å². The molecule has 2 aromatic rings. The predicted molar refractivity (Wildman–Crippen MR) is 99.8 cm³/mol. The van der Waals surface area contributed by atoms with E-state index in [1.807, 2.05) is 0 Å². The maximum atomic E-state index is 12.5. The lowest BCUT2D eigenvalue weighted by atomic mass is 10.1. The van der Waals surface area contributed by atoms with Crippen LogP contribution in [0.3, 0.4) is 0 Å². The minimum absolute atomic E-state index is 0.107. The number of ether oxygens (including phenoxy) is 2. The summed E-state index contributed by atoms with van der Waals surface area (Å²) in [6.07, 6.45) is 0.154. The molecule has 2 aromatic carbocycles. The molecule has 2 aliphatic rings. The van der Waals surface area contributed by atoms with Gasteiger partial charge in [-0.2, -0.15) is 0 Å². The number of rotatable bonds is 5. The van der Waals surface area contributed by atoms with Crippen LogP contribution in [0.15, 0.2) is 42.5 Å². The van der Waals surface area contributed by atoms with Crippen LogP contribution in [-0.2, 0) is 16.1 Å². The summed E-state index contributed by atoms with van der Waals surface area (Å²) in [7, 11) is 0. The van der Waals surface area contributed by atoms with Gasteiger partial charge in [0.1, 0.15) is 0 Å². The molecule has 3 N–H and O–H groups in total. The Hall–Kier alpha value is -3.55. The quantitative estimate of drug-likeness (QED) is 0.808. The summed E-state index contributed by atoms with van der Waals surface area (Å²) in [5, 5.41) is 2.85. The lowest BCUT2D eigenvalue weighted by Gasteiger charge is -2.17. The first-order valence-corrected chi connectivity index (χ1v) is 8.88. The Morgan fingerprint density at radius 1 is 1.11 bits per heavy atom. The van der Waals surface area contributed by atoms with Gasteiger partial charge in [0.25, 0.3) is 0 Å². The second kappa shape index (κ2) is 7.22. The first kappa shape index (κ1) is 17.8. The number of amides is 3. The number of carbonyl (C=O) groups excluding carboxylic acids is 3. The van der Waals surface area contributed by atoms with E-state index in [1.165, 1.54) is 0 Å². The van der Waals surface area contributed by atoms with Crippen LogP contribution < -0.4 is 25.4 Å². The molecular weight excluding hydrogens is 362 g/mol. The van der Waals surface area contributed by atoms with Gasteiger partial charge in [0.15, 0.2) is 11.5 Å². The van der Waals surface area contributed by atoms with Crippen molar-refractivity contribution in [2.45, 2.75) is 13.0 Å². The summed E-state index contributed by atoms with van der Waals surface area (Å²) < 4.78 is 10.6. The number of nitrogens with two attached hydrogens (primary N) is 1. The average molecular weight is 381 g/mol. The van der Waals surface area contributed by atoms with Crippen LogP contribution in [0.4, 0.5) is 5.69 Å². The number of hydrogen-bond acceptors (Lipinski definition) is 5. The van der Waals surface area contributed by atoms with Crippen molar-refractivity contribution in [3.05, 3.63) is 53.6 Å². The molecule has 28 heavy (non-hydrogen) atoms. The number of fused-ring (bicyclic) bond motifs is 1. The third kappa shape index (κ3) is 3.48. The topological polar surface area (TPSA) is 111 Å². The molecule has 0 bridgehead atoms. The number of nitrogens with zero attached hydrogens (tertiary/aromatic N) is 1. The van der Waals surface area contributed by atoms with Gasteiger partial charge in [-0.1, -0.05) is 12.1 Å². The predicted octanol–water partition coefficient (Wildman–Crippen LogP) is 1.18. The van der Waals surface area contributed by atoms with Crippen LogP contribution in [0, 0.1) is 5.92 Å². The van der Waals surface area contributed by atoms with E-state index < -0.39 is 11.8 Å². The molecule has 1 fully saturated rings. The van der Waals surface area contributed by atoms with Crippen molar-refractivity contribution in [2.75, 3.05) is 18.2 Å². The van der Waals surface area contributed by atoms with Crippen LogP contribution >= 0.6 is 0 Å². The molecular formula is C20H19N3O5. The van der Waals surface area contributed by atoms with E-state index in [1.54, 1.807) is 47.4 Å². The van der Waals surface area contributed by atoms with E-state index in [4.69, 9.17) is 15.2 Å². The number of hydrogen-bond donors (Lipinski definition) is 2. The molecule has 8 heteroatoms. The lowest BCUT2D eigenvalue weighted by molar-refractivity contribution is -0.126. The molecule has 1 saturated heterocycles. The van der Waals surface area contributed by atoms with E-state index in [9.17, 15) is 14.4 Å². The van der Waals surface area contributed by atoms with Crippen LogP contribution in [0.1, 0.15) is 22.3 Å². The summed E-state index contributed by atoms with van der Waals surface area (Å²) in [4.78, 5) is 37.6. The summed E-state index contributed by atoms with van der Waals surface area (Å²) in [5.74, 6) is 0.0246. The van der Waals surface area contributed by atoms with Crippen molar-refractivity contribution < 1.29 is 23.9 Å². The van der Waals surface area contributed by atoms with Crippen LogP contribution in [0.5, 0.6) is 11.5 Å². The molecule has 0 aromatic heterocycles. The molecule has 1 atom stereocenters. The van der Waals surface area contributed by atoms with E-state index in [2.05, 4.69) is 5.32 Å². The fraction of sp³-hybridized carbons (Fsp3) is 0.250. The van der Waals surface area contributed by atoms with Crippen LogP contribution in [-0.4, -0.2) is 31.1 Å². The first-order valence-electron chi connectivity index (χ1n) is 8.88. The second-order valence-electron chi connectivity index (χ2n) is 6.72. The molecule has 2 aliphatic heterocycles. The molecule has 1 unspecified atom stereocenters. The normalized spacial score (nSPS) is 17.6. The Labute approximate surface area is 161 Å². The highest BCUT2D eigenvalue weighted by molar-refractivity contribution is 6.00. The third-order valence-electron chi connectivity index (χ3n) is 4.87. The largest absolute Gasteiger partial charge is 0.454 e. The Bertz CT molecular complexity index is 941. The maximum absolute atomic E-state index is 12.5. The van der Waals surface area contributed by atoms with Crippen molar-refractivity contribution in [1.82, 2.24) is 5.32 Å². The monoisotopic (exact) mass is 381 g/mol. The third-order valence-corrected chi connectivity index (χ3v) is 4.87. The van der Waals surface area contributed by atoms with Gasteiger partial charge in [0.2, 0.25) is 24.5 Å². The Kier molecular flexibility index (Phi) is 4.60. The molecule has 144 valence electrons. The highest BCUT2D eigenvalue weighted by Gasteiger charge is 2.35. The fourth-order valence-electron chi connectivity index (χ4n) is 3.31. The van der Waals surface area contributed by atoms with Gasteiger partial charge in [0, 0.05) is 36.8 Å². The number of anilines is 1. The van der Waals surface area contributed by atoms with Gasteiger partial charge in [-0.3, -0.25) is 14.4 Å². The lowest BCUT2D eigenvalue weighted by Crippen LogP contribution is -2.32. The number of nitrogens with one attached hydrogen (secondary N) is 1. The van der Waals surface area contributed by atoms with Crippen molar-refractivity contribution in [2.24, 2.45) is 11.7 Å². The number of primary amides is 1. The van der Waals surface area contributed by atoms with Crippen molar-refractivity contribution in [1.29, 1.82) is 0 Å². The molecule has 4 rings (SSSR count). The van der Waals surface area contributed by atoms with Gasteiger partial charge >= 0.3 is 0 Å². The van der Waals surface area contributed by atoms with Gasteiger partial charge in [-0.15, -0.1) is 0 Å². The number of carbonyl (C=O) groups is 3. The van der Waals surface area contributed by atoms with Crippen LogP contribution in [0.25, 0.3) is 0 Å². The van der Waals surface area contributed by atoms with Crippen molar-refractivity contribution in [3.63, 3.8) is 0 Å². The fourth-order valence-corrected chi connectivity index (χ4v) is 3.31. The Balaban J connectivity index is 1.36. The van der Waals surface area contributed by atoms with Crippen molar-refractivity contribution >= 4 is 23.4 Å². The summed E-state index contributed by atoms with van der Waals surface area (Å²) in [6, 6.07) is 12.0. The van der Waals surface area contributed by atoms with E-state index >= 15 is 0 Å². The van der Waals surface area contributed by atoms with Gasteiger partial charge in [-0.25, -0.2) is 0 Å². The molecule has 3 amide bonds. The average Bonchev–Trinajstić information content (AvgIpc) is 3.32. The molecule has 0 saturated carbocycles. The van der Waals surface area contributed by atoms with E-state index in [0.717, 1.165) is 5.56 Å². The van der Waals surface area contributed by atoms with E-state index in [0.29, 0.717) is 35.8 Å². The zero-order valence-electron chi connectivity index (χ0n) is 15.0. The van der Waals surface area contributed by atoms with Gasteiger partial charge in [0.05, 0.1) is 5.92 Å². The first-order chi connectivity index (χ1) is 13.5. The highest BCUT2D eigenvalue weighted by atomic mass is 16.7. The zero-order valence-corrected chi connectivity index (χ0v) is 15.0. The molecule has 0 spiro atoms. The molecule has 0 radical (unpaired) electrons. The number of benzene rings is 2. The zero-order chi connectivity index (χ0) is 19.7. The SMILES string of the molecule is NC(=O)c1ccc(CNC(=O)C2CC(=O)N(c3ccc4c(c3)OCO4)C2)cc1. The van der Waals surface area contributed by atoms with Crippen molar-refractivity contribution in [3.8, 4) is 11.5 Å². The molecule has 8 nitrogen and oxygen atoms in total. The standard InChI is InChI=1S/C20H19N3O5/c21-19(25)13-3-1-12(2-4-13)9-22-20(26)14-7-18(24)23(10-14)15-5-6-16-17(8-15)28-11-27-16/h1-6,8,14H,7,9-11H2,(H2,21,25)(H,22,26). The smallest absolute Gasteiger partial charge is 0.248 e. The Morgan fingerprint density at radius 2 is 1.86 bits per heavy atom.